The summed E-state index contributed by atoms with van der Waals surface area (Å²) in [5, 5.41) is 8.29. The summed E-state index contributed by atoms with van der Waals surface area (Å²) in [6.45, 7) is 5.95. The van der Waals surface area contributed by atoms with Gasteiger partial charge in [0.2, 0.25) is 17.7 Å². The maximum Gasteiger partial charge on any atom is 0.230 e. The molecule has 0 radical (unpaired) electrons. The van der Waals surface area contributed by atoms with E-state index in [2.05, 4.69) is 28.1 Å². The number of amides is 1. The smallest absolute Gasteiger partial charge is 0.230 e. The van der Waals surface area contributed by atoms with Crippen LogP contribution in [0.1, 0.15) is 41.7 Å². The van der Waals surface area contributed by atoms with E-state index in [-0.39, 0.29) is 5.91 Å². The molecule has 2 aliphatic rings. The van der Waals surface area contributed by atoms with E-state index in [0.717, 1.165) is 37.6 Å². The molecule has 1 aromatic carbocycles. The Morgan fingerprint density at radius 2 is 1.92 bits per heavy atom. The number of aryl methyl sites for hydroxylation is 1. The number of rotatable bonds is 5. The Balaban J connectivity index is 1.27. The molecule has 1 aromatic heterocycles. The zero-order chi connectivity index (χ0) is 17.2. The highest BCUT2D eigenvalue weighted by Crippen LogP contribution is 2.39. The molecule has 1 aliphatic carbocycles. The van der Waals surface area contributed by atoms with Crippen molar-refractivity contribution < 1.29 is 9.21 Å². The molecule has 0 bridgehead atoms. The number of hydrogen-bond donors (Lipinski definition) is 0. The summed E-state index contributed by atoms with van der Waals surface area (Å²) in [6.07, 6.45) is 2.83. The number of aromatic nitrogens is 2. The van der Waals surface area contributed by atoms with Gasteiger partial charge in [-0.15, -0.1) is 10.2 Å². The van der Waals surface area contributed by atoms with Crippen molar-refractivity contribution in [2.75, 3.05) is 26.2 Å². The third kappa shape index (κ3) is 3.90. The molecule has 0 atom stereocenters. The second-order valence-corrected chi connectivity index (χ2v) is 7.07. The Bertz CT molecular complexity index is 745. The lowest BCUT2D eigenvalue weighted by Crippen LogP contribution is -2.48. The molecule has 25 heavy (non-hydrogen) atoms. The highest BCUT2D eigenvalue weighted by atomic mass is 16.4. The van der Waals surface area contributed by atoms with Gasteiger partial charge in [0, 0.05) is 32.1 Å². The maximum atomic E-state index is 12.5. The van der Waals surface area contributed by atoms with Crippen molar-refractivity contribution in [3.05, 3.63) is 47.2 Å². The summed E-state index contributed by atoms with van der Waals surface area (Å²) < 4.78 is 5.73. The van der Waals surface area contributed by atoms with Gasteiger partial charge in [0.25, 0.3) is 0 Å². The van der Waals surface area contributed by atoms with Crippen LogP contribution in [-0.2, 0) is 17.8 Å². The fourth-order valence-electron chi connectivity index (χ4n) is 3.26. The van der Waals surface area contributed by atoms with Crippen molar-refractivity contribution in [1.82, 2.24) is 20.0 Å². The summed E-state index contributed by atoms with van der Waals surface area (Å²) >= 11 is 0. The van der Waals surface area contributed by atoms with E-state index in [1.165, 1.54) is 18.4 Å². The predicted molar refractivity (Wildman–Crippen MR) is 93.0 cm³/mol. The number of nitrogens with zero attached hydrogens (tertiary/aromatic N) is 4. The number of carbonyl (C=O) groups excluding carboxylic acids is 1. The molecule has 4 rings (SSSR count). The topological polar surface area (TPSA) is 62.5 Å². The van der Waals surface area contributed by atoms with Crippen molar-refractivity contribution in [3.63, 3.8) is 0 Å². The molecule has 1 aliphatic heterocycles. The lowest BCUT2D eigenvalue weighted by Gasteiger charge is -2.34. The number of piperazine rings is 1. The lowest BCUT2D eigenvalue weighted by atomic mass is 10.1. The summed E-state index contributed by atoms with van der Waals surface area (Å²) in [7, 11) is 0. The van der Waals surface area contributed by atoms with E-state index in [4.69, 9.17) is 4.42 Å². The average Bonchev–Trinajstić information content (AvgIpc) is 3.37. The van der Waals surface area contributed by atoms with Crippen LogP contribution in [0.15, 0.2) is 28.7 Å². The predicted octanol–water partition coefficient (Wildman–Crippen LogP) is 2.14. The largest absolute Gasteiger partial charge is 0.424 e. The fourth-order valence-corrected chi connectivity index (χ4v) is 3.26. The molecular formula is C19H24N4O2. The van der Waals surface area contributed by atoms with Crippen LogP contribution in [0.5, 0.6) is 0 Å². The minimum absolute atomic E-state index is 0.211. The lowest BCUT2D eigenvalue weighted by molar-refractivity contribution is -0.132. The molecule has 2 aromatic rings. The molecule has 6 heteroatoms. The van der Waals surface area contributed by atoms with Crippen molar-refractivity contribution >= 4 is 5.91 Å². The first-order valence-corrected chi connectivity index (χ1v) is 9.06. The van der Waals surface area contributed by atoms with Crippen LogP contribution >= 0.6 is 0 Å². The van der Waals surface area contributed by atoms with Crippen LogP contribution in [0.2, 0.25) is 0 Å². The Morgan fingerprint density at radius 3 is 2.64 bits per heavy atom. The average molecular weight is 340 g/mol. The van der Waals surface area contributed by atoms with Gasteiger partial charge in [-0.1, -0.05) is 24.3 Å². The molecule has 132 valence electrons. The summed E-state index contributed by atoms with van der Waals surface area (Å²) in [6, 6.07) is 8.10. The molecule has 2 heterocycles. The normalized spacial score (nSPS) is 18.5. The highest BCUT2D eigenvalue weighted by Gasteiger charge is 2.30. The van der Waals surface area contributed by atoms with Gasteiger partial charge >= 0.3 is 0 Å². The minimum atomic E-state index is 0.211. The van der Waals surface area contributed by atoms with Gasteiger partial charge in [-0.3, -0.25) is 9.69 Å². The molecule has 1 saturated heterocycles. The number of hydrogen-bond acceptors (Lipinski definition) is 5. The first-order valence-electron chi connectivity index (χ1n) is 9.06. The molecule has 2 fully saturated rings. The highest BCUT2D eigenvalue weighted by molar-refractivity contribution is 5.79. The van der Waals surface area contributed by atoms with Gasteiger partial charge in [-0.2, -0.15) is 0 Å². The maximum absolute atomic E-state index is 12.5. The SMILES string of the molecule is Cc1ccccc1CC(=O)N1CCN(Cc2nnc(C3CC3)o2)CC1. The van der Waals surface area contributed by atoms with Gasteiger partial charge in [0.15, 0.2) is 0 Å². The Hall–Kier alpha value is -2.21. The third-order valence-corrected chi connectivity index (χ3v) is 5.10. The zero-order valence-corrected chi connectivity index (χ0v) is 14.6. The Kier molecular flexibility index (Phi) is 4.53. The molecule has 0 spiro atoms. The summed E-state index contributed by atoms with van der Waals surface area (Å²) in [5.74, 6) is 2.20. The fraction of sp³-hybridized carbons (Fsp3) is 0.526. The van der Waals surface area contributed by atoms with E-state index < -0.39 is 0 Å². The quantitative estimate of drug-likeness (QED) is 0.834. The van der Waals surface area contributed by atoms with Gasteiger partial charge < -0.3 is 9.32 Å². The zero-order valence-electron chi connectivity index (χ0n) is 14.6. The van der Waals surface area contributed by atoms with Crippen LogP contribution < -0.4 is 0 Å². The van der Waals surface area contributed by atoms with Crippen LogP contribution in [0, 0.1) is 6.92 Å². The van der Waals surface area contributed by atoms with Crippen molar-refractivity contribution in [3.8, 4) is 0 Å². The molecule has 6 nitrogen and oxygen atoms in total. The number of benzene rings is 1. The standard InChI is InChI=1S/C19H24N4O2/c1-14-4-2-3-5-16(14)12-18(24)23-10-8-22(9-11-23)13-17-20-21-19(25-17)15-6-7-15/h2-5,15H,6-13H2,1H3. The summed E-state index contributed by atoms with van der Waals surface area (Å²) in [4.78, 5) is 16.8. The van der Waals surface area contributed by atoms with Gasteiger partial charge in [-0.05, 0) is 30.9 Å². The third-order valence-electron chi connectivity index (χ3n) is 5.10. The van der Waals surface area contributed by atoms with E-state index in [0.29, 0.717) is 24.8 Å². The van der Waals surface area contributed by atoms with Gasteiger partial charge in [0.05, 0.1) is 13.0 Å². The second kappa shape index (κ2) is 6.96. The second-order valence-electron chi connectivity index (χ2n) is 7.07. The van der Waals surface area contributed by atoms with Crippen molar-refractivity contribution in [1.29, 1.82) is 0 Å². The Labute approximate surface area is 147 Å². The number of carbonyl (C=O) groups is 1. The van der Waals surface area contributed by atoms with Crippen LogP contribution in [-0.4, -0.2) is 52.1 Å². The van der Waals surface area contributed by atoms with Crippen molar-refractivity contribution in [2.24, 2.45) is 0 Å². The van der Waals surface area contributed by atoms with E-state index in [1.54, 1.807) is 0 Å². The first kappa shape index (κ1) is 16.3. The molecule has 1 amide bonds. The van der Waals surface area contributed by atoms with Crippen molar-refractivity contribution in [2.45, 2.75) is 38.6 Å². The van der Waals surface area contributed by atoms with E-state index in [9.17, 15) is 4.79 Å². The van der Waals surface area contributed by atoms with Crippen LogP contribution in [0.4, 0.5) is 0 Å². The molecule has 1 saturated carbocycles. The van der Waals surface area contributed by atoms with Crippen LogP contribution in [0.25, 0.3) is 0 Å². The first-order chi connectivity index (χ1) is 12.2. The molecular weight excluding hydrogens is 316 g/mol. The molecule has 0 unspecified atom stereocenters. The van der Waals surface area contributed by atoms with E-state index in [1.807, 2.05) is 23.1 Å². The van der Waals surface area contributed by atoms with E-state index >= 15 is 0 Å². The van der Waals surface area contributed by atoms with Gasteiger partial charge in [0.1, 0.15) is 0 Å². The monoisotopic (exact) mass is 340 g/mol. The van der Waals surface area contributed by atoms with Gasteiger partial charge in [-0.25, -0.2) is 0 Å². The minimum Gasteiger partial charge on any atom is -0.424 e. The summed E-state index contributed by atoms with van der Waals surface area (Å²) in [5.41, 5.74) is 2.30. The van der Waals surface area contributed by atoms with Crippen LogP contribution in [0.3, 0.4) is 0 Å². The molecule has 0 N–H and O–H groups in total. The Morgan fingerprint density at radius 1 is 1.16 bits per heavy atom.